The van der Waals surface area contributed by atoms with Crippen LogP contribution in [0.3, 0.4) is 0 Å². The summed E-state index contributed by atoms with van der Waals surface area (Å²) in [5.41, 5.74) is 0.484. The molecule has 0 atom stereocenters. The van der Waals surface area contributed by atoms with Crippen LogP contribution < -0.4 is 0 Å². The zero-order chi connectivity index (χ0) is 12.8. The van der Waals surface area contributed by atoms with E-state index in [0.717, 1.165) is 12.0 Å². The standard InChI is InChI=1S/C13H23NO2/c1-7-9-14(10-11(3)8-2)12(15)16-13(4,5)6/h8,10H,2,7,9H2,1,3-6H3/b11-10-. The van der Waals surface area contributed by atoms with Gasteiger partial charge in [-0.25, -0.2) is 4.79 Å². The van der Waals surface area contributed by atoms with Crippen LogP contribution in [-0.2, 0) is 4.74 Å². The quantitative estimate of drug-likeness (QED) is 0.682. The minimum absolute atomic E-state index is 0.310. The minimum atomic E-state index is -0.459. The van der Waals surface area contributed by atoms with Gasteiger partial charge in [0.25, 0.3) is 0 Å². The Kier molecular flexibility index (Phi) is 5.86. The first kappa shape index (κ1) is 14.8. The third kappa shape index (κ3) is 6.27. The average molecular weight is 225 g/mol. The van der Waals surface area contributed by atoms with Crippen LogP contribution in [0.4, 0.5) is 4.79 Å². The second-order valence-electron chi connectivity index (χ2n) is 4.75. The number of hydrogen-bond acceptors (Lipinski definition) is 2. The molecule has 0 aliphatic carbocycles. The minimum Gasteiger partial charge on any atom is -0.443 e. The lowest BCUT2D eigenvalue weighted by Gasteiger charge is -2.25. The van der Waals surface area contributed by atoms with E-state index in [9.17, 15) is 4.79 Å². The van der Waals surface area contributed by atoms with Gasteiger partial charge < -0.3 is 4.74 Å². The molecule has 0 spiro atoms. The van der Waals surface area contributed by atoms with Gasteiger partial charge in [-0.15, -0.1) is 0 Å². The molecule has 0 aromatic carbocycles. The Balaban J connectivity index is 4.66. The lowest BCUT2D eigenvalue weighted by molar-refractivity contribution is 0.0334. The van der Waals surface area contributed by atoms with E-state index >= 15 is 0 Å². The molecule has 0 aromatic heterocycles. The van der Waals surface area contributed by atoms with Gasteiger partial charge in [-0.05, 0) is 39.7 Å². The third-order valence-electron chi connectivity index (χ3n) is 1.77. The van der Waals surface area contributed by atoms with E-state index in [1.165, 1.54) is 0 Å². The highest BCUT2D eigenvalue weighted by atomic mass is 16.6. The fraction of sp³-hybridized carbons (Fsp3) is 0.615. The zero-order valence-corrected chi connectivity index (χ0v) is 11.0. The van der Waals surface area contributed by atoms with Crippen molar-refractivity contribution in [2.45, 2.75) is 46.6 Å². The van der Waals surface area contributed by atoms with Gasteiger partial charge in [0.2, 0.25) is 0 Å². The highest BCUT2D eigenvalue weighted by Gasteiger charge is 2.20. The molecule has 16 heavy (non-hydrogen) atoms. The summed E-state index contributed by atoms with van der Waals surface area (Å²) in [7, 11) is 0. The predicted octanol–water partition coefficient (Wildman–Crippen LogP) is 3.72. The number of allylic oxidation sites excluding steroid dienone is 2. The summed E-state index contributed by atoms with van der Waals surface area (Å²) >= 11 is 0. The van der Waals surface area contributed by atoms with Gasteiger partial charge in [0.15, 0.2) is 0 Å². The van der Waals surface area contributed by atoms with Gasteiger partial charge in [-0.3, -0.25) is 4.90 Å². The van der Waals surface area contributed by atoms with Crippen molar-refractivity contribution in [3.05, 3.63) is 24.4 Å². The van der Waals surface area contributed by atoms with E-state index in [1.807, 2.05) is 34.6 Å². The SMILES string of the molecule is C=C/C(C)=C\N(CCC)C(=O)OC(C)(C)C. The summed E-state index contributed by atoms with van der Waals surface area (Å²) in [5, 5.41) is 0. The molecule has 0 saturated carbocycles. The molecule has 0 rings (SSSR count). The van der Waals surface area contributed by atoms with E-state index in [1.54, 1.807) is 17.2 Å². The monoisotopic (exact) mass is 225 g/mol. The molecule has 1 amide bonds. The molecular formula is C13H23NO2. The lowest BCUT2D eigenvalue weighted by Crippen LogP contribution is -2.34. The molecule has 92 valence electrons. The smallest absolute Gasteiger partial charge is 0.414 e. The van der Waals surface area contributed by atoms with Crippen LogP contribution in [0.1, 0.15) is 41.0 Å². The van der Waals surface area contributed by atoms with Crippen molar-refractivity contribution < 1.29 is 9.53 Å². The predicted molar refractivity (Wildman–Crippen MR) is 67.2 cm³/mol. The molecule has 0 radical (unpaired) electrons. The molecule has 0 bridgehead atoms. The van der Waals surface area contributed by atoms with E-state index in [4.69, 9.17) is 4.74 Å². The van der Waals surface area contributed by atoms with Gasteiger partial charge in [0, 0.05) is 12.7 Å². The van der Waals surface area contributed by atoms with E-state index in [0.29, 0.717) is 6.54 Å². The Bertz CT molecular complexity index is 274. The van der Waals surface area contributed by atoms with Crippen molar-refractivity contribution in [1.29, 1.82) is 0 Å². The molecule has 0 aromatic rings. The van der Waals surface area contributed by atoms with Crippen LogP contribution in [0.2, 0.25) is 0 Å². The second kappa shape index (κ2) is 6.36. The molecule has 0 aliphatic rings. The number of carbonyl (C=O) groups excluding carboxylic acids is 1. The van der Waals surface area contributed by atoms with Gasteiger partial charge in [0.05, 0.1) is 0 Å². The maximum atomic E-state index is 11.8. The molecule has 0 heterocycles. The van der Waals surface area contributed by atoms with Gasteiger partial charge in [-0.2, -0.15) is 0 Å². The summed E-state index contributed by atoms with van der Waals surface area (Å²) in [6.45, 7) is 13.8. The van der Waals surface area contributed by atoms with E-state index < -0.39 is 5.60 Å². The van der Waals surface area contributed by atoms with Crippen LogP contribution in [-0.4, -0.2) is 23.1 Å². The van der Waals surface area contributed by atoms with Crippen LogP contribution >= 0.6 is 0 Å². The maximum absolute atomic E-state index is 11.8. The van der Waals surface area contributed by atoms with Gasteiger partial charge in [-0.1, -0.05) is 19.6 Å². The number of nitrogens with zero attached hydrogens (tertiary/aromatic N) is 1. The Morgan fingerprint density at radius 2 is 2.00 bits per heavy atom. The van der Waals surface area contributed by atoms with Gasteiger partial charge >= 0.3 is 6.09 Å². The number of ether oxygens (including phenoxy) is 1. The summed E-state index contributed by atoms with van der Waals surface area (Å²) in [6, 6.07) is 0. The second-order valence-corrected chi connectivity index (χ2v) is 4.75. The molecule has 0 fully saturated rings. The van der Waals surface area contributed by atoms with Crippen LogP contribution in [0.25, 0.3) is 0 Å². The first-order valence-corrected chi connectivity index (χ1v) is 5.60. The molecule has 0 unspecified atom stereocenters. The molecule has 3 nitrogen and oxygen atoms in total. The van der Waals surface area contributed by atoms with Crippen LogP contribution in [0, 0.1) is 0 Å². The fourth-order valence-electron chi connectivity index (χ4n) is 1.07. The summed E-state index contributed by atoms with van der Waals surface area (Å²) in [6.07, 6.45) is 4.06. The van der Waals surface area contributed by atoms with Crippen molar-refractivity contribution in [3.8, 4) is 0 Å². The number of hydrogen-bond donors (Lipinski definition) is 0. The molecule has 0 aliphatic heterocycles. The first-order chi connectivity index (χ1) is 7.30. The number of carbonyl (C=O) groups is 1. The van der Waals surface area contributed by atoms with Crippen molar-refractivity contribution in [3.63, 3.8) is 0 Å². The number of rotatable bonds is 4. The molecule has 0 saturated heterocycles. The Labute approximate surface area is 98.8 Å². The maximum Gasteiger partial charge on any atom is 0.414 e. The van der Waals surface area contributed by atoms with Crippen molar-refractivity contribution >= 4 is 6.09 Å². The largest absolute Gasteiger partial charge is 0.443 e. The lowest BCUT2D eigenvalue weighted by atomic mass is 10.2. The highest BCUT2D eigenvalue weighted by molar-refractivity contribution is 5.69. The third-order valence-corrected chi connectivity index (χ3v) is 1.77. The zero-order valence-electron chi connectivity index (χ0n) is 11.0. The van der Waals surface area contributed by atoms with E-state index in [2.05, 4.69) is 6.58 Å². The van der Waals surface area contributed by atoms with Crippen molar-refractivity contribution in [2.24, 2.45) is 0 Å². The molecular weight excluding hydrogens is 202 g/mol. The fourth-order valence-corrected chi connectivity index (χ4v) is 1.07. The Morgan fingerprint density at radius 3 is 2.38 bits per heavy atom. The summed E-state index contributed by atoms with van der Waals surface area (Å²) in [5.74, 6) is 0. The number of amides is 1. The van der Waals surface area contributed by atoms with Crippen molar-refractivity contribution in [1.82, 2.24) is 4.90 Å². The van der Waals surface area contributed by atoms with Crippen molar-refractivity contribution in [2.75, 3.05) is 6.54 Å². The van der Waals surface area contributed by atoms with Gasteiger partial charge in [0.1, 0.15) is 5.60 Å². The summed E-state index contributed by atoms with van der Waals surface area (Å²) in [4.78, 5) is 13.4. The first-order valence-electron chi connectivity index (χ1n) is 5.60. The Hall–Kier alpha value is -1.25. The highest BCUT2D eigenvalue weighted by Crippen LogP contribution is 2.11. The molecule has 0 N–H and O–H groups in total. The van der Waals surface area contributed by atoms with Crippen LogP contribution in [0.5, 0.6) is 0 Å². The normalized spacial score (nSPS) is 12.2. The molecule has 3 heteroatoms. The van der Waals surface area contributed by atoms with E-state index in [-0.39, 0.29) is 6.09 Å². The van der Waals surface area contributed by atoms with Crippen LogP contribution in [0.15, 0.2) is 24.4 Å². The summed E-state index contributed by atoms with van der Waals surface area (Å²) < 4.78 is 5.31. The Morgan fingerprint density at radius 1 is 1.44 bits per heavy atom. The average Bonchev–Trinajstić information content (AvgIpc) is 2.14. The topological polar surface area (TPSA) is 29.5 Å².